The monoisotopic (exact) mass is 450 g/mol. The van der Waals surface area contributed by atoms with E-state index in [2.05, 4.69) is 40.8 Å². The van der Waals surface area contributed by atoms with Gasteiger partial charge in [-0.2, -0.15) is 11.8 Å². The van der Waals surface area contributed by atoms with E-state index in [0.717, 1.165) is 31.3 Å². The van der Waals surface area contributed by atoms with E-state index in [1.807, 2.05) is 18.2 Å². The molecule has 23 heavy (non-hydrogen) atoms. The topological polar surface area (TPSA) is 49.8 Å². The summed E-state index contributed by atoms with van der Waals surface area (Å²) in [6.07, 6.45) is 1.21. The third-order valence-corrected chi connectivity index (χ3v) is 4.98. The fourth-order valence-corrected chi connectivity index (χ4v) is 3.58. The third-order valence-electron chi connectivity index (χ3n) is 3.61. The normalized spacial score (nSPS) is 18.3. The molecule has 130 valence electrons. The quantitative estimate of drug-likeness (QED) is 0.425. The molecular formula is C16H27IN4OS. The molecule has 1 aliphatic heterocycles. The molecule has 2 heterocycles. The van der Waals surface area contributed by atoms with E-state index in [9.17, 15) is 0 Å². The minimum atomic E-state index is 0. The van der Waals surface area contributed by atoms with Gasteiger partial charge in [-0.1, -0.05) is 13.0 Å². The molecule has 5 nitrogen and oxygen atoms in total. The Bertz CT molecular complexity index is 501. The average Bonchev–Trinajstić information content (AvgIpc) is 2.58. The average molecular weight is 450 g/mol. The van der Waals surface area contributed by atoms with E-state index >= 15 is 0 Å². The summed E-state index contributed by atoms with van der Waals surface area (Å²) < 4.78 is 5.17. The molecule has 0 amide bonds. The first-order chi connectivity index (χ1) is 10.8. The summed E-state index contributed by atoms with van der Waals surface area (Å²) in [4.78, 5) is 11.5. The SMILES string of the molecule is CCNC(=NCc1cccc(OC)n1)N1CCSC(CC)C1.I. The molecule has 1 aromatic rings. The summed E-state index contributed by atoms with van der Waals surface area (Å²) in [6.45, 7) is 7.93. The van der Waals surface area contributed by atoms with E-state index in [-0.39, 0.29) is 24.0 Å². The number of methoxy groups -OCH3 is 1. The Labute approximate surface area is 160 Å². The van der Waals surface area contributed by atoms with E-state index in [1.165, 1.54) is 12.2 Å². The molecule has 0 spiro atoms. The lowest BCUT2D eigenvalue weighted by atomic mass is 10.3. The van der Waals surface area contributed by atoms with Crippen LogP contribution in [0.5, 0.6) is 5.88 Å². The number of hydrogen-bond acceptors (Lipinski definition) is 4. The zero-order valence-electron chi connectivity index (χ0n) is 14.1. The lowest BCUT2D eigenvalue weighted by Gasteiger charge is -2.34. The second-order valence-corrected chi connectivity index (χ2v) is 6.60. The molecule has 1 N–H and O–H groups in total. The van der Waals surface area contributed by atoms with E-state index < -0.39 is 0 Å². The Balaban J connectivity index is 0.00000264. The van der Waals surface area contributed by atoms with Crippen LogP contribution in [-0.4, -0.2) is 53.6 Å². The molecule has 0 bridgehead atoms. The zero-order chi connectivity index (χ0) is 15.8. The predicted molar refractivity (Wildman–Crippen MR) is 109 cm³/mol. The molecule has 0 radical (unpaired) electrons. The van der Waals surface area contributed by atoms with Crippen LogP contribution < -0.4 is 10.1 Å². The molecule has 1 fully saturated rings. The summed E-state index contributed by atoms with van der Waals surface area (Å²) in [5.74, 6) is 2.80. The number of aliphatic imine (C=N–C) groups is 1. The number of rotatable bonds is 5. The van der Waals surface area contributed by atoms with Gasteiger partial charge in [0.2, 0.25) is 5.88 Å². The van der Waals surface area contributed by atoms with Gasteiger partial charge in [0.05, 0.1) is 19.3 Å². The Morgan fingerprint density at radius 1 is 1.48 bits per heavy atom. The highest BCUT2D eigenvalue weighted by molar-refractivity contribution is 14.0. The van der Waals surface area contributed by atoms with E-state index in [4.69, 9.17) is 9.73 Å². The van der Waals surface area contributed by atoms with Crippen LogP contribution in [-0.2, 0) is 6.54 Å². The Morgan fingerprint density at radius 2 is 2.30 bits per heavy atom. The van der Waals surface area contributed by atoms with E-state index in [0.29, 0.717) is 17.7 Å². The Hall–Kier alpha value is -0.700. The second kappa shape index (κ2) is 11.0. The van der Waals surface area contributed by atoms with Crippen LogP contribution in [0.4, 0.5) is 0 Å². The van der Waals surface area contributed by atoms with Gasteiger partial charge in [-0.25, -0.2) is 9.98 Å². The molecule has 2 rings (SSSR count). The van der Waals surface area contributed by atoms with E-state index in [1.54, 1.807) is 7.11 Å². The number of ether oxygens (including phenoxy) is 1. The smallest absolute Gasteiger partial charge is 0.213 e. The number of thioether (sulfide) groups is 1. The largest absolute Gasteiger partial charge is 0.481 e. The molecule has 1 aromatic heterocycles. The third kappa shape index (κ3) is 6.37. The van der Waals surface area contributed by atoms with Gasteiger partial charge in [0.15, 0.2) is 5.96 Å². The molecule has 0 aliphatic carbocycles. The van der Waals surface area contributed by atoms with Crippen molar-refractivity contribution in [1.82, 2.24) is 15.2 Å². The van der Waals surface area contributed by atoms with Gasteiger partial charge in [0.1, 0.15) is 0 Å². The van der Waals surface area contributed by atoms with Gasteiger partial charge < -0.3 is 15.0 Å². The second-order valence-electron chi connectivity index (χ2n) is 5.19. The van der Waals surface area contributed by atoms with Crippen LogP contribution in [0.15, 0.2) is 23.2 Å². The number of aromatic nitrogens is 1. The van der Waals surface area contributed by atoms with Gasteiger partial charge in [0, 0.05) is 36.7 Å². The highest BCUT2D eigenvalue weighted by atomic mass is 127. The molecule has 1 atom stereocenters. The van der Waals surface area contributed by atoms with Gasteiger partial charge in [-0.15, -0.1) is 24.0 Å². The molecule has 1 aliphatic rings. The number of halogens is 1. The number of guanidine groups is 1. The number of nitrogens with zero attached hydrogens (tertiary/aromatic N) is 3. The van der Waals surface area contributed by atoms with Crippen molar-refractivity contribution in [2.45, 2.75) is 32.1 Å². The molecular weight excluding hydrogens is 423 g/mol. The molecule has 7 heteroatoms. The maximum absolute atomic E-state index is 5.17. The van der Waals surface area contributed by atoms with Gasteiger partial charge in [0.25, 0.3) is 0 Å². The summed E-state index contributed by atoms with van der Waals surface area (Å²) >= 11 is 2.07. The fourth-order valence-electron chi connectivity index (χ4n) is 2.40. The van der Waals surface area contributed by atoms with Crippen LogP contribution in [0.25, 0.3) is 0 Å². The molecule has 1 saturated heterocycles. The Kier molecular flexibility index (Phi) is 9.69. The van der Waals surface area contributed by atoms with Crippen molar-refractivity contribution in [3.63, 3.8) is 0 Å². The number of nitrogens with one attached hydrogen (secondary N) is 1. The Morgan fingerprint density at radius 3 is 3.00 bits per heavy atom. The van der Waals surface area contributed by atoms with Gasteiger partial charge in [-0.3, -0.25) is 0 Å². The van der Waals surface area contributed by atoms with Crippen LogP contribution in [0.3, 0.4) is 0 Å². The molecule has 0 saturated carbocycles. The summed E-state index contributed by atoms with van der Waals surface area (Å²) in [5.41, 5.74) is 0.924. The van der Waals surface area contributed by atoms with Crippen LogP contribution in [0, 0.1) is 0 Å². The highest BCUT2D eigenvalue weighted by Crippen LogP contribution is 2.21. The first kappa shape index (κ1) is 20.3. The van der Waals surface area contributed by atoms with Crippen LogP contribution >= 0.6 is 35.7 Å². The van der Waals surface area contributed by atoms with Crippen molar-refractivity contribution >= 4 is 41.7 Å². The lowest BCUT2D eigenvalue weighted by Crippen LogP contribution is -2.48. The van der Waals surface area contributed by atoms with Crippen molar-refractivity contribution < 1.29 is 4.74 Å². The fraction of sp³-hybridized carbons (Fsp3) is 0.625. The lowest BCUT2D eigenvalue weighted by molar-refractivity contribution is 0.395. The zero-order valence-corrected chi connectivity index (χ0v) is 17.3. The van der Waals surface area contributed by atoms with Gasteiger partial charge >= 0.3 is 0 Å². The van der Waals surface area contributed by atoms with Crippen molar-refractivity contribution in [3.05, 3.63) is 23.9 Å². The molecule has 1 unspecified atom stereocenters. The minimum absolute atomic E-state index is 0. The summed E-state index contributed by atoms with van der Waals surface area (Å²) in [6, 6.07) is 5.79. The maximum Gasteiger partial charge on any atom is 0.213 e. The summed E-state index contributed by atoms with van der Waals surface area (Å²) in [5, 5.41) is 4.10. The van der Waals surface area contributed by atoms with Crippen LogP contribution in [0.1, 0.15) is 26.0 Å². The van der Waals surface area contributed by atoms with Crippen molar-refractivity contribution in [2.24, 2.45) is 4.99 Å². The first-order valence-corrected chi connectivity index (χ1v) is 8.96. The molecule has 0 aromatic carbocycles. The number of pyridine rings is 1. The number of hydrogen-bond donors (Lipinski definition) is 1. The maximum atomic E-state index is 5.17. The highest BCUT2D eigenvalue weighted by Gasteiger charge is 2.21. The standard InChI is InChI=1S/C16H26N4OS.HI/c1-4-14-12-20(9-10-22-14)16(17-5-2)18-11-13-7-6-8-15(19-13)21-3;/h6-8,14H,4-5,9-12H2,1-3H3,(H,17,18);1H. The minimum Gasteiger partial charge on any atom is -0.481 e. The van der Waals surface area contributed by atoms with Crippen LogP contribution in [0.2, 0.25) is 0 Å². The van der Waals surface area contributed by atoms with Crippen molar-refractivity contribution in [1.29, 1.82) is 0 Å². The van der Waals surface area contributed by atoms with Crippen molar-refractivity contribution in [3.8, 4) is 5.88 Å². The van der Waals surface area contributed by atoms with Crippen molar-refractivity contribution in [2.75, 3.05) is 32.5 Å². The van der Waals surface area contributed by atoms with Gasteiger partial charge in [-0.05, 0) is 19.4 Å². The first-order valence-electron chi connectivity index (χ1n) is 7.91. The predicted octanol–water partition coefficient (Wildman–Crippen LogP) is 3.00. The summed E-state index contributed by atoms with van der Waals surface area (Å²) in [7, 11) is 1.63.